The Morgan fingerprint density at radius 1 is 1.41 bits per heavy atom. The first kappa shape index (κ1) is 12.8. The van der Waals surface area contributed by atoms with E-state index in [9.17, 15) is 4.39 Å². The SMILES string of the molecule is Cc1cc(Br)c(F)cc1NC1CCCC(N)C1. The Labute approximate surface area is 110 Å². The van der Waals surface area contributed by atoms with Crippen LogP contribution in [0.5, 0.6) is 0 Å². The highest BCUT2D eigenvalue weighted by Gasteiger charge is 2.19. The normalized spacial score (nSPS) is 24.7. The molecule has 2 unspecified atom stereocenters. The second-order valence-corrected chi connectivity index (χ2v) is 5.70. The van der Waals surface area contributed by atoms with Gasteiger partial charge in [-0.2, -0.15) is 0 Å². The molecule has 2 nitrogen and oxygen atoms in total. The van der Waals surface area contributed by atoms with Crippen LogP contribution in [0.15, 0.2) is 16.6 Å². The minimum Gasteiger partial charge on any atom is -0.382 e. The number of anilines is 1. The molecule has 17 heavy (non-hydrogen) atoms. The number of hydrogen-bond donors (Lipinski definition) is 2. The van der Waals surface area contributed by atoms with Crippen molar-refractivity contribution in [1.29, 1.82) is 0 Å². The average molecular weight is 301 g/mol. The lowest BCUT2D eigenvalue weighted by atomic mass is 9.91. The summed E-state index contributed by atoms with van der Waals surface area (Å²) in [6, 6.07) is 4.01. The minimum atomic E-state index is -0.224. The molecule has 0 spiro atoms. The van der Waals surface area contributed by atoms with E-state index in [1.807, 2.05) is 6.92 Å². The number of halogens is 2. The lowest BCUT2D eigenvalue weighted by molar-refractivity contribution is 0.409. The molecule has 0 amide bonds. The second kappa shape index (κ2) is 5.36. The van der Waals surface area contributed by atoms with E-state index in [0.29, 0.717) is 10.5 Å². The zero-order valence-electron chi connectivity index (χ0n) is 9.97. The molecule has 4 heteroatoms. The third kappa shape index (κ3) is 3.19. The van der Waals surface area contributed by atoms with Gasteiger partial charge in [0.15, 0.2) is 0 Å². The Bertz CT molecular complexity index is 409. The molecule has 1 fully saturated rings. The number of rotatable bonds is 2. The molecule has 0 aliphatic heterocycles. The van der Waals surface area contributed by atoms with Crippen molar-refractivity contribution < 1.29 is 4.39 Å². The monoisotopic (exact) mass is 300 g/mol. The van der Waals surface area contributed by atoms with E-state index in [1.54, 1.807) is 12.1 Å². The first-order valence-corrected chi connectivity index (χ1v) is 6.83. The zero-order valence-corrected chi connectivity index (χ0v) is 11.6. The fourth-order valence-electron chi connectivity index (χ4n) is 2.38. The quantitative estimate of drug-likeness (QED) is 0.876. The lowest BCUT2D eigenvalue weighted by Crippen LogP contribution is -2.35. The highest BCUT2D eigenvalue weighted by molar-refractivity contribution is 9.10. The first-order chi connectivity index (χ1) is 8.06. The van der Waals surface area contributed by atoms with Crippen LogP contribution in [0.4, 0.5) is 10.1 Å². The average Bonchev–Trinajstić information content (AvgIpc) is 2.26. The van der Waals surface area contributed by atoms with Gasteiger partial charge in [-0.1, -0.05) is 0 Å². The molecule has 0 heterocycles. The maximum atomic E-state index is 13.5. The van der Waals surface area contributed by atoms with Crippen LogP contribution in [0.3, 0.4) is 0 Å². The van der Waals surface area contributed by atoms with Crippen molar-refractivity contribution in [1.82, 2.24) is 0 Å². The number of aryl methyl sites for hydroxylation is 1. The van der Waals surface area contributed by atoms with Gasteiger partial charge < -0.3 is 11.1 Å². The first-order valence-electron chi connectivity index (χ1n) is 6.04. The van der Waals surface area contributed by atoms with Crippen LogP contribution in [-0.4, -0.2) is 12.1 Å². The van der Waals surface area contributed by atoms with Crippen molar-refractivity contribution in [3.8, 4) is 0 Å². The summed E-state index contributed by atoms with van der Waals surface area (Å²) in [7, 11) is 0. The summed E-state index contributed by atoms with van der Waals surface area (Å²) >= 11 is 3.19. The van der Waals surface area contributed by atoms with E-state index in [0.717, 1.165) is 36.9 Å². The highest BCUT2D eigenvalue weighted by atomic mass is 79.9. The third-order valence-corrected chi connectivity index (χ3v) is 3.95. The van der Waals surface area contributed by atoms with Crippen LogP contribution in [0.1, 0.15) is 31.2 Å². The van der Waals surface area contributed by atoms with Gasteiger partial charge in [0, 0.05) is 17.8 Å². The topological polar surface area (TPSA) is 38.0 Å². The van der Waals surface area contributed by atoms with Crippen LogP contribution in [-0.2, 0) is 0 Å². The number of nitrogens with two attached hydrogens (primary N) is 1. The van der Waals surface area contributed by atoms with Crippen molar-refractivity contribution in [3.05, 3.63) is 28.0 Å². The van der Waals surface area contributed by atoms with Gasteiger partial charge in [-0.3, -0.25) is 0 Å². The van der Waals surface area contributed by atoms with Crippen molar-refractivity contribution >= 4 is 21.6 Å². The summed E-state index contributed by atoms with van der Waals surface area (Å²) in [6.07, 6.45) is 4.34. The Hall–Kier alpha value is -0.610. The maximum absolute atomic E-state index is 13.5. The predicted molar refractivity (Wildman–Crippen MR) is 72.7 cm³/mol. The summed E-state index contributed by atoms with van der Waals surface area (Å²) in [6.45, 7) is 1.98. The standard InChI is InChI=1S/C13H18BrFN2/c1-8-5-11(14)12(15)7-13(8)17-10-4-2-3-9(16)6-10/h5,7,9-10,17H,2-4,6,16H2,1H3. The minimum absolute atomic E-state index is 0.224. The third-order valence-electron chi connectivity index (χ3n) is 3.34. The highest BCUT2D eigenvalue weighted by Crippen LogP contribution is 2.27. The Kier molecular flexibility index (Phi) is 4.05. The molecular formula is C13H18BrFN2. The number of hydrogen-bond acceptors (Lipinski definition) is 2. The van der Waals surface area contributed by atoms with Crippen molar-refractivity contribution in [2.24, 2.45) is 5.73 Å². The fourth-order valence-corrected chi connectivity index (χ4v) is 2.84. The molecule has 94 valence electrons. The largest absolute Gasteiger partial charge is 0.382 e. The van der Waals surface area contributed by atoms with Crippen molar-refractivity contribution in [3.63, 3.8) is 0 Å². The van der Waals surface area contributed by atoms with Gasteiger partial charge in [-0.05, 0) is 66.2 Å². The van der Waals surface area contributed by atoms with Gasteiger partial charge in [0.1, 0.15) is 5.82 Å². The second-order valence-electron chi connectivity index (χ2n) is 4.85. The molecule has 2 atom stereocenters. The van der Waals surface area contributed by atoms with Gasteiger partial charge in [-0.15, -0.1) is 0 Å². The van der Waals surface area contributed by atoms with Gasteiger partial charge >= 0.3 is 0 Å². The lowest BCUT2D eigenvalue weighted by Gasteiger charge is -2.28. The van der Waals surface area contributed by atoms with Gasteiger partial charge in [0.05, 0.1) is 4.47 Å². The Balaban J connectivity index is 2.10. The Morgan fingerprint density at radius 2 is 2.18 bits per heavy atom. The van der Waals surface area contributed by atoms with E-state index in [1.165, 1.54) is 0 Å². The smallest absolute Gasteiger partial charge is 0.139 e. The molecule has 1 aromatic rings. The predicted octanol–water partition coefficient (Wildman–Crippen LogP) is 3.58. The van der Waals surface area contributed by atoms with E-state index < -0.39 is 0 Å². The molecule has 3 N–H and O–H groups in total. The van der Waals surface area contributed by atoms with Crippen LogP contribution >= 0.6 is 15.9 Å². The van der Waals surface area contributed by atoms with E-state index >= 15 is 0 Å². The molecule has 2 rings (SSSR count). The molecule has 0 aromatic heterocycles. The molecule has 0 radical (unpaired) electrons. The summed E-state index contributed by atoms with van der Waals surface area (Å²) in [5, 5.41) is 3.41. The summed E-state index contributed by atoms with van der Waals surface area (Å²) in [5.41, 5.74) is 7.88. The van der Waals surface area contributed by atoms with Crippen LogP contribution < -0.4 is 11.1 Å². The van der Waals surface area contributed by atoms with Crippen molar-refractivity contribution in [2.75, 3.05) is 5.32 Å². The summed E-state index contributed by atoms with van der Waals surface area (Å²) in [4.78, 5) is 0. The van der Waals surface area contributed by atoms with E-state index in [2.05, 4.69) is 21.2 Å². The van der Waals surface area contributed by atoms with E-state index in [-0.39, 0.29) is 11.9 Å². The van der Waals surface area contributed by atoms with Crippen LogP contribution in [0.25, 0.3) is 0 Å². The Morgan fingerprint density at radius 3 is 2.88 bits per heavy atom. The molecular weight excluding hydrogens is 283 g/mol. The van der Waals surface area contributed by atoms with Gasteiger partial charge in [0.25, 0.3) is 0 Å². The zero-order chi connectivity index (χ0) is 12.4. The van der Waals surface area contributed by atoms with Crippen LogP contribution in [0.2, 0.25) is 0 Å². The molecule has 1 saturated carbocycles. The van der Waals surface area contributed by atoms with Gasteiger partial charge in [0.2, 0.25) is 0 Å². The van der Waals surface area contributed by atoms with E-state index in [4.69, 9.17) is 5.73 Å². The molecule has 0 saturated heterocycles. The summed E-state index contributed by atoms with van der Waals surface area (Å²) in [5.74, 6) is -0.224. The molecule has 1 aliphatic carbocycles. The number of nitrogens with one attached hydrogen (secondary N) is 1. The maximum Gasteiger partial charge on any atom is 0.139 e. The van der Waals surface area contributed by atoms with Crippen LogP contribution in [0, 0.1) is 12.7 Å². The molecule has 1 aromatic carbocycles. The molecule has 0 bridgehead atoms. The molecule has 1 aliphatic rings. The summed E-state index contributed by atoms with van der Waals surface area (Å²) < 4.78 is 14.0. The fraction of sp³-hybridized carbons (Fsp3) is 0.538. The van der Waals surface area contributed by atoms with Gasteiger partial charge in [-0.25, -0.2) is 4.39 Å². The van der Waals surface area contributed by atoms with Crippen molar-refractivity contribution in [2.45, 2.75) is 44.7 Å². The number of benzene rings is 1.